The van der Waals surface area contributed by atoms with Crippen LogP contribution in [0.1, 0.15) is 52.6 Å². The summed E-state index contributed by atoms with van der Waals surface area (Å²) < 4.78 is 0. The Morgan fingerprint density at radius 2 is 1.25 bits per heavy atom. The van der Waals surface area contributed by atoms with Crippen LogP contribution in [0.2, 0.25) is 0 Å². The van der Waals surface area contributed by atoms with E-state index in [1.165, 1.54) is 0 Å². The van der Waals surface area contributed by atoms with Gasteiger partial charge >= 0.3 is 0 Å². The quantitative estimate of drug-likeness (QED) is 0.530. The number of benzene rings is 3. The van der Waals surface area contributed by atoms with Crippen molar-refractivity contribution < 1.29 is 14.4 Å². The Balaban J connectivity index is 1.52. The van der Waals surface area contributed by atoms with Crippen molar-refractivity contribution in [2.45, 2.75) is 32.6 Å². The minimum atomic E-state index is -0.443. The summed E-state index contributed by atoms with van der Waals surface area (Å²) in [5.41, 5.74) is 8.31. The summed E-state index contributed by atoms with van der Waals surface area (Å²) in [6.07, 6.45) is 0.169. The zero-order valence-corrected chi connectivity index (χ0v) is 18.4. The van der Waals surface area contributed by atoms with Crippen molar-refractivity contribution in [1.82, 2.24) is 10.9 Å². The second-order valence-corrected chi connectivity index (χ2v) is 8.52. The van der Waals surface area contributed by atoms with Crippen LogP contribution in [-0.4, -0.2) is 17.7 Å². The van der Waals surface area contributed by atoms with Crippen LogP contribution in [0.5, 0.6) is 0 Å². The molecule has 0 bridgehead atoms. The molecule has 32 heavy (non-hydrogen) atoms. The number of carbonyl (C=O) groups excluding carboxylic acids is 3. The largest absolute Gasteiger partial charge is 0.322 e. The lowest BCUT2D eigenvalue weighted by atomic mass is 9.87. The zero-order valence-electron chi connectivity index (χ0n) is 18.4. The Bertz CT molecular complexity index is 1080. The molecule has 0 aliphatic heterocycles. The summed E-state index contributed by atoms with van der Waals surface area (Å²) in [7, 11) is 0. The first-order valence-corrected chi connectivity index (χ1v) is 10.4. The van der Waals surface area contributed by atoms with E-state index in [4.69, 9.17) is 0 Å². The molecule has 164 valence electrons. The van der Waals surface area contributed by atoms with Crippen LogP contribution in [0.15, 0.2) is 78.9 Å². The fourth-order valence-corrected chi connectivity index (χ4v) is 3.05. The maximum atomic E-state index is 12.5. The number of hydrogen-bond donors (Lipinski definition) is 3. The van der Waals surface area contributed by atoms with Crippen LogP contribution in [0.4, 0.5) is 5.69 Å². The van der Waals surface area contributed by atoms with Gasteiger partial charge in [-0.25, -0.2) is 0 Å². The van der Waals surface area contributed by atoms with Crippen LogP contribution in [0, 0.1) is 0 Å². The highest BCUT2D eigenvalue weighted by Crippen LogP contribution is 2.22. The molecule has 0 radical (unpaired) electrons. The van der Waals surface area contributed by atoms with E-state index in [0.29, 0.717) is 16.8 Å². The highest BCUT2D eigenvalue weighted by atomic mass is 16.2. The molecular formula is C26H27N3O3. The van der Waals surface area contributed by atoms with Crippen molar-refractivity contribution >= 4 is 23.4 Å². The molecule has 3 aromatic carbocycles. The molecule has 0 saturated carbocycles. The molecule has 3 amide bonds. The third-order valence-corrected chi connectivity index (χ3v) is 4.94. The Labute approximate surface area is 188 Å². The van der Waals surface area contributed by atoms with E-state index in [9.17, 15) is 14.4 Å². The third kappa shape index (κ3) is 6.28. The summed E-state index contributed by atoms with van der Waals surface area (Å²) in [6.45, 7) is 6.36. The monoisotopic (exact) mass is 429 g/mol. The molecule has 0 atom stereocenters. The molecule has 0 unspecified atom stereocenters. The van der Waals surface area contributed by atoms with Crippen LogP contribution in [-0.2, 0) is 16.6 Å². The lowest BCUT2D eigenvalue weighted by Gasteiger charge is -2.19. The summed E-state index contributed by atoms with van der Waals surface area (Å²) in [5, 5.41) is 2.82. The Morgan fingerprint density at radius 1 is 0.688 bits per heavy atom. The molecule has 0 spiro atoms. The molecule has 0 saturated heterocycles. The van der Waals surface area contributed by atoms with Crippen molar-refractivity contribution in [3.8, 4) is 0 Å². The lowest BCUT2D eigenvalue weighted by molar-refractivity contribution is -0.121. The van der Waals surface area contributed by atoms with Crippen molar-refractivity contribution in [1.29, 1.82) is 0 Å². The normalized spacial score (nSPS) is 10.8. The van der Waals surface area contributed by atoms with Gasteiger partial charge in [-0.1, -0.05) is 63.2 Å². The third-order valence-electron chi connectivity index (χ3n) is 4.94. The molecule has 0 aliphatic carbocycles. The minimum Gasteiger partial charge on any atom is -0.322 e. The Kier molecular flexibility index (Phi) is 7.05. The number of anilines is 1. The van der Waals surface area contributed by atoms with E-state index in [1.54, 1.807) is 36.4 Å². The van der Waals surface area contributed by atoms with E-state index in [-0.39, 0.29) is 23.7 Å². The van der Waals surface area contributed by atoms with E-state index in [1.807, 2.05) is 42.5 Å². The van der Waals surface area contributed by atoms with E-state index >= 15 is 0 Å². The summed E-state index contributed by atoms with van der Waals surface area (Å²) in [6, 6.07) is 23.2. The Hall–Kier alpha value is -3.93. The van der Waals surface area contributed by atoms with Crippen molar-refractivity contribution in [3.05, 3.63) is 101 Å². The van der Waals surface area contributed by atoms with Crippen molar-refractivity contribution in [2.24, 2.45) is 0 Å². The number of amides is 3. The maximum Gasteiger partial charge on any atom is 0.269 e. The Morgan fingerprint density at radius 3 is 1.84 bits per heavy atom. The topological polar surface area (TPSA) is 87.3 Å². The van der Waals surface area contributed by atoms with Crippen LogP contribution in [0.3, 0.4) is 0 Å². The predicted molar refractivity (Wildman–Crippen MR) is 125 cm³/mol. The van der Waals surface area contributed by atoms with Crippen molar-refractivity contribution in [2.75, 3.05) is 5.32 Å². The van der Waals surface area contributed by atoms with Crippen LogP contribution < -0.4 is 16.2 Å². The first-order chi connectivity index (χ1) is 15.2. The SMILES string of the molecule is CC(C)(C)c1ccc(C(=O)Nc2ccc(C(=O)NNC(=O)Cc3ccccc3)cc2)cc1. The molecule has 0 aliphatic rings. The van der Waals surface area contributed by atoms with Gasteiger partial charge in [-0.15, -0.1) is 0 Å². The first-order valence-electron chi connectivity index (χ1n) is 10.4. The molecule has 0 aromatic heterocycles. The molecular weight excluding hydrogens is 402 g/mol. The lowest BCUT2D eigenvalue weighted by Crippen LogP contribution is -2.42. The van der Waals surface area contributed by atoms with Gasteiger partial charge in [0, 0.05) is 16.8 Å². The number of carbonyl (C=O) groups is 3. The van der Waals surface area contributed by atoms with Gasteiger partial charge in [0.05, 0.1) is 6.42 Å². The summed E-state index contributed by atoms with van der Waals surface area (Å²) in [4.78, 5) is 36.7. The highest BCUT2D eigenvalue weighted by molar-refractivity contribution is 6.04. The second-order valence-electron chi connectivity index (χ2n) is 8.52. The fourth-order valence-electron chi connectivity index (χ4n) is 3.05. The average molecular weight is 430 g/mol. The van der Waals surface area contributed by atoms with Gasteiger partial charge in [0.25, 0.3) is 11.8 Å². The molecule has 6 nitrogen and oxygen atoms in total. The number of hydrazine groups is 1. The standard InChI is InChI=1S/C26H27N3O3/c1-26(2,3)21-13-9-19(10-14-21)24(31)27-22-15-11-20(12-16-22)25(32)29-28-23(30)17-18-7-5-4-6-8-18/h4-16H,17H2,1-3H3,(H,27,31)(H,28,30)(H,29,32). The predicted octanol–water partition coefficient (Wildman–Crippen LogP) is 4.24. The molecule has 0 heterocycles. The number of rotatable bonds is 5. The fraction of sp³-hybridized carbons (Fsp3) is 0.192. The van der Waals surface area contributed by atoms with Gasteiger partial charge in [0.2, 0.25) is 5.91 Å². The van der Waals surface area contributed by atoms with E-state index in [2.05, 4.69) is 36.9 Å². The highest BCUT2D eigenvalue weighted by Gasteiger charge is 2.14. The first kappa shape index (κ1) is 22.7. The number of nitrogens with one attached hydrogen (secondary N) is 3. The second kappa shape index (κ2) is 9.92. The average Bonchev–Trinajstić information content (AvgIpc) is 2.78. The molecule has 6 heteroatoms. The minimum absolute atomic E-state index is 0.0203. The number of hydrogen-bond acceptors (Lipinski definition) is 3. The molecule has 3 rings (SSSR count). The van der Waals surface area contributed by atoms with Gasteiger partial charge in [0.15, 0.2) is 0 Å². The summed E-state index contributed by atoms with van der Waals surface area (Å²) >= 11 is 0. The molecule has 3 N–H and O–H groups in total. The molecule has 0 fully saturated rings. The van der Waals surface area contributed by atoms with Gasteiger partial charge in [0.1, 0.15) is 0 Å². The maximum absolute atomic E-state index is 12.5. The van der Waals surface area contributed by atoms with E-state index < -0.39 is 5.91 Å². The summed E-state index contributed by atoms with van der Waals surface area (Å²) in [5.74, 6) is -0.983. The van der Waals surface area contributed by atoms with Crippen LogP contribution in [0.25, 0.3) is 0 Å². The smallest absolute Gasteiger partial charge is 0.269 e. The van der Waals surface area contributed by atoms with Gasteiger partial charge in [-0.2, -0.15) is 0 Å². The van der Waals surface area contributed by atoms with Crippen LogP contribution >= 0.6 is 0 Å². The molecule has 3 aromatic rings. The zero-order chi connectivity index (χ0) is 23.1. The van der Waals surface area contributed by atoms with E-state index in [0.717, 1.165) is 11.1 Å². The van der Waals surface area contributed by atoms with Gasteiger partial charge < -0.3 is 5.32 Å². The van der Waals surface area contributed by atoms with Gasteiger partial charge in [-0.05, 0) is 52.9 Å². The van der Waals surface area contributed by atoms with Gasteiger partial charge in [-0.3, -0.25) is 25.2 Å². The van der Waals surface area contributed by atoms with Crippen molar-refractivity contribution in [3.63, 3.8) is 0 Å².